The van der Waals surface area contributed by atoms with E-state index in [1.807, 2.05) is 0 Å². The summed E-state index contributed by atoms with van der Waals surface area (Å²) in [5.74, 6) is 0. The van der Waals surface area contributed by atoms with E-state index in [2.05, 4.69) is 66.2 Å². The van der Waals surface area contributed by atoms with Crippen LogP contribution in [0.25, 0.3) is 0 Å². The molecule has 0 saturated carbocycles. The van der Waals surface area contributed by atoms with Crippen LogP contribution >= 0.6 is 9.24 Å². The molecular formula is C8H24N3O4PS. The van der Waals surface area contributed by atoms with Gasteiger partial charge >= 0.3 is 10.4 Å². The molecule has 0 rings (SSSR count). The van der Waals surface area contributed by atoms with Crippen LogP contribution < -0.4 is 0 Å². The molecule has 0 aromatic heterocycles. The van der Waals surface area contributed by atoms with Crippen LogP contribution in [0.15, 0.2) is 0 Å². The number of rotatable bonds is 4. The number of hydrogen-bond donors (Lipinski definition) is 2. The molecule has 17 heavy (non-hydrogen) atoms. The lowest BCUT2D eigenvalue weighted by atomic mass is 10.4. The lowest BCUT2D eigenvalue weighted by molar-refractivity contribution is 0.0652. The molecule has 0 aliphatic rings. The van der Waals surface area contributed by atoms with Crippen molar-refractivity contribution in [1.82, 2.24) is 14.7 Å². The first-order chi connectivity index (χ1) is 7.30. The summed E-state index contributed by atoms with van der Waals surface area (Å²) in [5.41, 5.74) is 0. The third kappa shape index (κ3) is 11.0. The van der Waals surface area contributed by atoms with Gasteiger partial charge in [-0.3, -0.25) is 18.9 Å². The summed E-state index contributed by atoms with van der Waals surface area (Å²) >= 11 is 0. The highest BCUT2D eigenvalue weighted by Gasteiger charge is 2.29. The molecule has 0 fully saturated rings. The van der Waals surface area contributed by atoms with Crippen molar-refractivity contribution in [1.29, 1.82) is 0 Å². The van der Waals surface area contributed by atoms with Gasteiger partial charge in [0.05, 0.1) is 5.40 Å². The van der Waals surface area contributed by atoms with Crippen LogP contribution in [0.1, 0.15) is 0 Å². The minimum atomic E-state index is -4.67. The first kappa shape index (κ1) is 19.5. The molecule has 0 spiro atoms. The van der Waals surface area contributed by atoms with E-state index < -0.39 is 10.4 Å². The van der Waals surface area contributed by atoms with Crippen LogP contribution in [-0.4, -0.2) is 86.5 Å². The Balaban J connectivity index is 0. The van der Waals surface area contributed by atoms with Crippen LogP contribution in [0.5, 0.6) is 0 Å². The van der Waals surface area contributed by atoms with Crippen LogP contribution in [-0.2, 0) is 10.4 Å². The Morgan fingerprint density at radius 3 is 1.29 bits per heavy atom. The molecule has 0 aliphatic heterocycles. The van der Waals surface area contributed by atoms with Crippen LogP contribution in [0.3, 0.4) is 0 Å². The highest BCUT2D eigenvalue weighted by Crippen LogP contribution is 2.23. The van der Waals surface area contributed by atoms with E-state index >= 15 is 0 Å². The predicted molar refractivity (Wildman–Crippen MR) is 72.5 cm³/mol. The summed E-state index contributed by atoms with van der Waals surface area (Å²) in [4.78, 5) is 6.60. The lowest BCUT2D eigenvalue weighted by Crippen LogP contribution is -2.55. The smallest absolute Gasteiger partial charge is 0.306 e. The van der Waals surface area contributed by atoms with Crippen molar-refractivity contribution in [3.05, 3.63) is 0 Å². The van der Waals surface area contributed by atoms with E-state index in [0.717, 1.165) is 6.54 Å². The second-order valence-corrected chi connectivity index (χ2v) is 6.17. The molecule has 0 bridgehead atoms. The maximum atomic E-state index is 8.74. The van der Waals surface area contributed by atoms with Crippen molar-refractivity contribution < 1.29 is 17.5 Å². The van der Waals surface area contributed by atoms with E-state index in [1.54, 1.807) is 0 Å². The zero-order valence-electron chi connectivity index (χ0n) is 11.2. The SMILES string of the molecule is CN(C)CC(P)(N(C)C)N(C)C.O=S(=O)(O)O. The summed E-state index contributed by atoms with van der Waals surface area (Å²) in [6.07, 6.45) is 0. The fourth-order valence-electron chi connectivity index (χ4n) is 1.15. The quantitative estimate of drug-likeness (QED) is 0.412. The van der Waals surface area contributed by atoms with Crippen LogP contribution in [0, 0.1) is 0 Å². The molecule has 0 saturated heterocycles. The first-order valence-corrected chi connectivity index (χ1v) is 6.76. The van der Waals surface area contributed by atoms with E-state index in [4.69, 9.17) is 17.5 Å². The molecule has 0 aliphatic carbocycles. The Hall–Kier alpha value is 0.180. The standard InChI is InChI=1S/C8H22N3P.H2O4S/c1-9(2)7-8(12,10(3)4)11(5)6;1-5(2,3)4/h7,12H2,1-6H3;(H2,1,2,3,4). The molecular weight excluding hydrogens is 265 g/mol. The van der Waals surface area contributed by atoms with Crippen molar-refractivity contribution in [3.8, 4) is 0 Å². The molecule has 0 radical (unpaired) electrons. The molecule has 2 N–H and O–H groups in total. The van der Waals surface area contributed by atoms with Crippen molar-refractivity contribution in [2.45, 2.75) is 5.40 Å². The maximum Gasteiger partial charge on any atom is 0.394 e. The van der Waals surface area contributed by atoms with E-state index in [1.165, 1.54) is 0 Å². The van der Waals surface area contributed by atoms with Crippen molar-refractivity contribution in [2.75, 3.05) is 48.8 Å². The van der Waals surface area contributed by atoms with Gasteiger partial charge in [-0.25, -0.2) is 0 Å². The van der Waals surface area contributed by atoms with Gasteiger partial charge in [0.2, 0.25) is 0 Å². The van der Waals surface area contributed by atoms with E-state index in [9.17, 15) is 0 Å². The molecule has 1 unspecified atom stereocenters. The molecule has 106 valence electrons. The summed E-state index contributed by atoms with van der Waals surface area (Å²) < 4.78 is 31.6. The van der Waals surface area contributed by atoms with E-state index in [0.29, 0.717) is 0 Å². The monoisotopic (exact) mass is 289 g/mol. The zero-order chi connectivity index (χ0) is 14.4. The largest absolute Gasteiger partial charge is 0.394 e. The second-order valence-electron chi connectivity index (χ2n) is 4.35. The molecule has 0 amide bonds. The zero-order valence-corrected chi connectivity index (χ0v) is 13.2. The van der Waals surface area contributed by atoms with Crippen molar-refractivity contribution >= 4 is 19.6 Å². The van der Waals surface area contributed by atoms with Gasteiger partial charge in [-0.05, 0) is 42.3 Å². The minimum Gasteiger partial charge on any atom is -0.306 e. The number of hydrogen-bond acceptors (Lipinski definition) is 5. The van der Waals surface area contributed by atoms with Gasteiger partial charge in [-0.2, -0.15) is 8.42 Å². The Labute approximate surface area is 107 Å². The maximum absolute atomic E-state index is 8.74. The third-order valence-electron chi connectivity index (χ3n) is 2.10. The van der Waals surface area contributed by atoms with Gasteiger partial charge in [0.1, 0.15) is 0 Å². The summed E-state index contributed by atoms with van der Waals surface area (Å²) in [6.45, 7) is 0.998. The Morgan fingerprint density at radius 2 is 1.24 bits per heavy atom. The minimum absolute atomic E-state index is 0.0313. The number of nitrogens with zero attached hydrogens (tertiary/aromatic N) is 3. The third-order valence-corrected chi connectivity index (χ3v) is 3.31. The lowest BCUT2D eigenvalue weighted by Gasteiger charge is -2.43. The van der Waals surface area contributed by atoms with E-state index in [-0.39, 0.29) is 5.40 Å². The summed E-state index contributed by atoms with van der Waals surface area (Å²) in [7, 11) is 10.8. The number of likely N-dealkylation sites (N-methyl/N-ethyl adjacent to an activating group) is 3. The summed E-state index contributed by atoms with van der Waals surface area (Å²) in [6, 6.07) is 0. The van der Waals surface area contributed by atoms with Crippen molar-refractivity contribution in [2.24, 2.45) is 0 Å². The normalized spacial score (nSPS) is 12.9. The highest BCUT2D eigenvalue weighted by molar-refractivity contribution is 7.79. The highest BCUT2D eigenvalue weighted by atomic mass is 32.3. The fraction of sp³-hybridized carbons (Fsp3) is 1.00. The molecule has 0 heterocycles. The topological polar surface area (TPSA) is 84.3 Å². The van der Waals surface area contributed by atoms with Crippen LogP contribution in [0.2, 0.25) is 0 Å². The van der Waals surface area contributed by atoms with Gasteiger partial charge in [0.25, 0.3) is 0 Å². The van der Waals surface area contributed by atoms with Gasteiger partial charge in [-0.1, -0.05) is 9.24 Å². The molecule has 0 aromatic rings. The molecule has 9 heteroatoms. The van der Waals surface area contributed by atoms with Crippen LogP contribution in [0.4, 0.5) is 0 Å². The second kappa shape index (κ2) is 7.58. The van der Waals surface area contributed by atoms with Gasteiger partial charge < -0.3 is 4.90 Å². The molecule has 7 nitrogen and oxygen atoms in total. The van der Waals surface area contributed by atoms with Gasteiger partial charge in [-0.15, -0.1) is 0 Å². The van der Waals surface area contributed by atoms with Crippen molar-refractivity contribution in [3.63, 3.8) is 0 Å². The Kier molecular flexibility index (Phi) is 8.70. The van der Waals surface area contributed by atoms with Gasteiger partial charge in [0.15, 0.2) is 0 Å². The molecule has 0 aromatic carbocycles. The summed E-state index contributed by atoms with van der Waals surface area (Å²) in [5, 5.41) is 0.0313. The fourth-order valence-corrected chi connectivity index (χ4v) is 1.51. The predicted octanol–water partition coefficient (Wildman–Crippen LogP) is -0.453. The first-order valence-electron chi connectivity index (χ1n) is 4.79. The Morgan fingerprint density at radius 1 is 1.00 bits per heavy atom. The average Bonchev–Trinajstić information content (AvgIpc) is 1.98. The molecule has 1 atom stereocenters. The average molecular weight is 289 g/mol. The Bertz CT molecular complexity index is 290. The van der Waals surface area contributed by atoms with Gasteiger partial charge in [0, 0.05) is 6.54 Å².